The number of carbonyl (C=O) groups is 1. The number of hydrogen-bond donors (Lipinski definition) is 2. The first-order chi connectivity index (χ1) is 18.6. The number of halogens is 1. The normalized spacial score (nSPS) is 13.1. The molecule has 0 fully saturated rings. The van der Waals surface area contributed by atoms with Crippen molar-refractivity contribution < 1.29 is 14.2 Å². The van der Waals surface area contributed by atoms with Crippen LogP contribution < -0.4 is 15.9 Å². The number of ether oxygens (including phenoxy) is 1. The van der Waals surface area contributed by atoms with Gasteiger partial charge in [-0.3, -0.25) is 9.79 Å². The van der Waals surface area contributed by atoms with Crippen LogP contribution in [0.15, 0.2) is 63.3 Å². The second kappa shape index (κ2) is 12.1. The van der Waals surface area contributed by atoms with Crippen molar-refractivity contribution in [1.29, 1.82) is 0 Å². The average Bonchev–Trinajstić information content (AvgIpc) is 3.68. The molecule has 194 valence electrons. The summed E-state index contributed by atoms with van der Waals surface area (Å²) in [4.78, 5) is 17.3. The maximum absolute atomic E-state index is 12.9. The summed E-state index contributed by atoms with van der Waals surface area (Å²) in [6, 6.07) is 14.8. The third kappa shape index (κ3) is 6.33. The number of aromatic nitrogens is 5. The fourth-order valence-electron chi connectivity index (χ4n) is 3.31. The number of hydrogen-bond acceptors (Lipinski definition) is 12. The molecule has 4 aromatic rings. The lowest BCUT2D eigenvalue weighted by atomic mass is 10.2. The molecule has 0 unspecified atom stereocenters. The van der Waals surface area contributed by atoms with E-state index in [0.717, 1.165) is 27.8 Å². The molecule has 0 atom stereocenters. The van der Waals surface area contributed by atoms with Crippen molar-refractivity contribution in [3.63, 3.8) is 0 Å². The van der Waals surface area contributed by atoms with Gasteiger partial charge >= 0.3 is 0 Å². The molecular weight excluding hydrogens is 550 g/mol. The van der Waals surface area contributed by atoms with Crippen LogP contribution >= 0.6 is 35.1 Å². The van der Waals surface area contributed by atoms with Crippen LogP contribution in [0.1, 0.15) is 27.3 Å². The van der Waals surface area contributed by atoms with E-state index >= 15 is 0 Å². The predicted octanol–water partition coefficient (Wildman–Crippen LogP) is 3.56. The Hall–Kier alpha value is -3.88. The first kappa shape index (κ1) is 25.8. The summed E-state index contributed by atoms with van der Waals surface area (Å²) in [6.45, 7) is 1.16. The zero-order valence-electron chi connectivity index (χ0n) is 19.7. The molecule has 0 saturated carbocycles. The molecule has 0 radical (unpaired) electrons. The topological polar surface area (TPSA) is 159 Å². The molecule has 38 heavy (non-hydrogen) atoms. The fourth-order valence-corrected chi connectivity index (χ4v) is 5.52. The van der Waals surface area contributed by atoms with E-state index in [1.807, 2.05) is 48.5 Å². The number of nitrogens with one attached hydrogen (secondary N) is 1. The van der Waals surface area contributed by atoms with Crippen molar-refractivity contribution in [3.05, 3.63) is 76.1 Å². The molecule has 1 aliphatic heterocycles. The van der Waals surface area contributed by atoms with Gasteiger partial charge in [0.2, 0.25) is 11.6 Å². The minimum Gasteiger partial charge on any atom is -0.489 e. The van der Waals surface area contributed by atoms with Crippen LogP contribution in [-0.4, -0.2) is 54.1 Å². The Morgan fingerprint density at radius 2 is 2.16 bits per heavy atom. The smallest absolute Gasteiger partial charge is 0.293 e. The molecule has 1 amide bonds. The quantitative estimate of drug-likeness (QED) is 0.225. The van der Waals surface area contributed by atoms with E-state index in [-0.39, 0.29) is 17.3 Å². The number of nitrogens with zero attached hydrogens (tertiary/aromatic N) is 7. The summed E-state index contributed by atoms with van der Waals surface area (Å²) in [6.07, 6.45) is 1.51. The molecule has 1 aliphatic rings. The highest BCUT2D eigenvalue weighted by molar-refractivity contribution is 8.38. The number of hydrazone groups is 1. The van der Waals surface area contributed by atoms with Gasteiger partial charge in [0.25, 0.3) is 5.91 Å². The summed E-state index contributed by atoms with van der Waals surface area (Å²) >= 11 is 9.13. The maximum Gasteiger partial charge on any atom is 0.293 e. The Labute approximate surface area is 230 Å². The van der Waals surface area contributed by atoms with Gasteiger partial charge in [-0.25, -0.2) is 10.1 Å². The van der Waals surface area contributed by atoms with Crippen molar-refractivity contribution >= 4 is 57.4 Å². The van der Waals surface area contributed by atoms with Gasteiger partial charge in [0, 0.05) is 16.5 Å². The summed E-state index contributed by atoms with van der Waals surface area (Å²) in [7, 11) is 0. The lowest BCUT2D eigenvalue weighted by Crippen LogP contribution is -2.20. The molecule has 5 rings (SSSR count). The second-order valence-electron chi connectivity index (χ2n) is 7.74. The molecule has 2 aromatic heterocycles. The minimum atomic E-state index is -0.541. The Kier molecular flexibility index (Phi) is 8.21. The van der Waals surface area contributed by atoms with E-state index < -0.39 is 5.91 Å². The molecule has 15 heteroatoms. The molecule has 0 spiro atoms. The van der Waals surface area contributed by atoms with Gasteiger partial charge in [-0.05, 0) is 57.8 Å². The van der Waals surface area contributed by atoms with Gasteiger partial charge in [-0.1, -0.05) is 52.5 Å². The van der Waals surface area contributed by atoms with Crippen LogP contribution in [0.2, 0.25) is 5.02 Å². The Morgan fingerprint density at radius 1 is 1.29 bits per heavy atom. The molecule has 3 N–H and O–H groups in total. The highest BCUT2D eigenvalue weighted by Crippen LogP contribution is 2.27. The number of nitrogens with two attached hydrogens (primary N) is 1. The number of benzene rings is 2. The van der Waals surface area contributed by atoms with E-state index in [1.54, 1.807) is 11.8 Å². The standard InChI is InChI=1S/C23H20ClN9O3S2/c24-16-3-1-2-15(10-16)12-35-17-6-4-14(5-7-17)11-27-29-22(34)19-18(13-38-23-26-8-9-37-23)33(32-28-19)21-20(25)30-36-31-21/h1-7,10-11H,8-9,12-13H2,(H2,25,30)(H,29,34)/b27-11+. The van der Waals surface area contributed by atoms with Crippen molar-refractivity contribution in [3.8, 4) is 11.6 Å². The number of anilines is 1. The average molecular weight is 570 g/mol. The van der Waals surface area contributed by atoms with Gasteiger partial charge in [0.1, 0.15) is 16.7 Å². The molecule has 0 saturated heterocycles. The number of aliphatic imine (C=N–C) groups is 1. The largest absolute Gasteiger partial charge is 0.489 e. The van der Waals surface area contributed by atoms with Crippen LogP contribution in [0.3, 0.4) is 0 Å². The zero-order valence-corrected chi connectivity index (χ0v) is 22.0. The number of carbonyl (C=O) groups excluding carboxylic acids is 1. The highest BCUT2D eigenvalue weighted by Gasteiger charge is 2.24. The lowest BCUT2D eigenvalue weighted by Gasteiger charge is -2.07. The molecule has 12 nitrogen and oxygen atoms in total. The summed E-state index contributed by atoms with van der Waals surface area (Å²) < 4.78 is 12.7. The van der Waals surface area contributed by atoms with E-state index in [4.69, 9.17) is 22.1 Å². The van der Waals surface area contributed by atoms with Gasteiger partial charge in [0.05, 0.1) is 18.5 Å². The van der Waals surface area contributed by atoms with E-state index in [1.165, 1.54) is 22.7 Å². The lowest BCUT2D eigenvalue weighted by molar-refractivity contribution is 0.0949. The zero-order chi connectivity index (χ0) is 26.3. The van der Waals surface area contributed by atoms with Crippen LogP contribution in [0.4, 0.5) is 5.82 Å². The molecule has 3 heterocycles. The van der Waals surface area contributed by atoms with Gasteiger partial charge in [-0.15, -0.1) is 5.10 Å². The van der Waals surface area contributed by atoms with E-state index in [9.17, 15) is 4.79 Å². The minimum absolute atomic E-state index is 0.0266. The summed E-state index contributed by atoms with van der Waals surface area (Å²) in [5, 5.41) is 20.1. The molecular formula is C23H20ClN9O3S2. The summed E-state index contributed by atoms with van der Waals surface area (Å²) in [5.74, 6) is 1.61. The van der Waals surface area contributed by atoms with Crippen molar-refractivity contribution in [1.82, 2.24) is 30.7 Å². The number of rotatable bonds is 9. The van der Waals surface area contributed by atoms with Crippen molar-refractivity contribution in [2.45, 2.75) is 12.4 Å². The molecule has 0 bridgehead atoms. The van der Waals surface area contributed by atoms with Gasteiger partial charge < -0.3 is 10.5 Å². The van der Waals surface area contributed by atoms with Crippen molar-refractivity contribution in [2.75, 3.05) is 18.0 Å². The van der Waals surface area contributed by atoms with Crippen molar-refractivity contribution in [2.24, 2.45) is 10.1 Å². The molecule has 2 aromatic carbocycles. The number of nitrogen functional groups attached to an aromatic ring is 1. The van der Waals surface area contributed by atoms with Gasteiger partial charge in [0.15, 0.2) is 5.69 Å². The number of thioether (sulfide) groups is 2. The molecule has 0 aliphatic carbocycles. The first-order valence-corrected chi connectivity index (χ1v) is 13.6. The van der Waals surface area contributed by atoms with Crippen LogP contribution in [-0.2, 0) is 12.4 Å². The van der Waals surface area contributed by atoms with Crippen LogP contribution in [0.5, 0.6) is 5.75 Å². The first-order valence-electron chi connectivity index (χ1n) is 11.2. The van der Waals surface area contributed by atoms with E-state index in [0.29, 0.717) is 28.8 Å². The summed E-state index contributed by atoms with van der Waals surface area (Å²) in [5.41, 5.74) is 10.6. The highest BCUT2D eigenvalue weighted by atomic mass is 35.5. The monoisotopic (exact) mass is 569 g/mol. The second-order valence-corrected chi connectivity index (χ2v) is 10.5. The van der Waals surface area contributed by atoms with Crippen LogP contribution in [0.25, 0.3) is 5.82 Å². The Bertz CT molecular complexity index is 1490. The SMILES string of the molecule is Nc1nonc1-n1nnc(C(=O)N/N=C/c2ccc(OCc3cccc(Cl)c3)cc2)c1CSC1=NCCS1. The number of amides is 1. The third-order valence-electron chi connectivity index (χ3n) is 5.12. The maximum atomic E-state index is 12.9. The third-order valence-corrected chi connectivity index (χ3v) is 7.62. The predicted molar refractivity (Wildman–Crippen MR) is 147 cm³/mol. The Morgan fingerprint density at radius 3 is 2.89 bits per heavy atom. The Balaban J connectivity index is 1.23. The van der Waals surface area contributed by atoms with Gasteiger partial charge in [-0.2, -0.15) is 9.78 Å². The fraction of sp³-hybridized carbons (Fsp3) is 0.174. The van der Waals surface area contributed by atoms with Crippen LogP contribution in [0, 0.1) is 0 Å². The van der Waals surface area contributed by atoms with E-state index in [2.05, 4.69) is 40.8 Å².